The van der Waals surface area contributed by atoms with E-state index in [2.05, 4.69) is 16.2 Å². The molecule has 2 N–H and O–H groups in total. The molecule has 12 heteroatoms. The molecule has 1 aromatic heterocycles. The summed E-state index contributed by atoms with van der Waals surface area (Å²) < 4.78 is 54.4. The quantitative estimate of drug-likeness (QED) is 0.452. The number of carbonyl (C=O) groups is 2. The maximum atomic E-state index is 13.7. The number of hydrogen-bond donors (Lipinski definition) is 2. The predicted octanol–water partition coefficient (Wildman–Crippen LogP) is 2.98. The van der Waals surface area contributed by atoms with E-state index < -0.39 is 50.8 Å². The molecule has 0 saturated heterocycles. The van der Waals surface area contributed by atoms with Gasteiger partial charge in [-0.15, -0.1) is 0 Å². The maximum absolute atomic E-state index is 13.7. The van der Waals surface area contributed by atoms with Gasteiger partial charge in [0.15, 0.2) is 0 Å². The number of aryl methyl sites for hydroxylation is 1. The van der Waals surface area contributed by atoms with Crippen LogP contribution in [0.2, 0.25) is 0 Å². The first kappa shape index (κ1) is 27.6. The van der Waals surface area contributed by atoms with Crippen LogP contribution in [-0.4, -0.2) is 48.2 Å². The van der Waals surface area contributed by atoms with Gasteiger partial charge in [-0.2, -0.15) is 13.2 Å². The monoisotopic (exact) mass is 557 g/mol. The Bertz CT molecular complexity index is 1730. The van der Waals surface area contributed by atoms with Crippen LogP contribution in [0.5, 0.6) is 0 Å². The lowest BCUT2D eigenvalue weighted by atomic mass is 9.97. The molecular weight excluding hydrogens is 535 g/mol. The molecule has 0 aliphatic carbocycles. The number of carboxylic acids is 1. The summed E-state index contributed by atoms with van der Waals surface area (Å²) in [6.07, 6.45) is -4.98. The van der Waals surface area contributed by atoms with Crippen molar-refractivity contribution in [3.63, 3.8) is 0 Å². The van der Waals surface area contributed by atoms with Crippen molar-refractivity contribution >= 4 is 44.0 Å². The SMILES string of the molecule is C=S(=O)=C1C(C(=O)NC(Cc2ccc(-c3c(C(F)(F)F)cc(C)n(C)c3=O)cc2)C(=O)O)=Nc2ccccc21. The maximum Gasteiger partial charge on any atom is 0.417 e. The molecule has 3 aromatic rings. The van der Waals surface area contributed by atoms with Gasteiger partial charge in [0.2, 0.25) is 0 Å². The number of rotatable bonds is 6. The highest BCUT2D eigenvalue weighted by Crippen LogP contribution is 2.36. The molecule has 0 radical (unpaired) electrons. The fraction of sp³-hybridized carbons (Fsp3) is 0.185. The van der Waals surface area contributed by atoms with Crippen molar-refractivity contribution in [2.45, 2.75) is 25.6 Å². The molecule has 1 amide bonds. The average Bonchev–Trinajstić information content (AvgIpc) is 3.27. The Kier molecular flexibility index (Phi) is 7.33. The van der Waals surface area contributed by atoms with Crippen molar-refractivity contribution in [1.29, 1.82) is 0 Å². The number of para-hydroxylation sites is 1. The molecule has 0 saturated carbocycles. The van der Waals surface area contributed by atoms with Crippen molar-refractivity contribution in [3.8, 4) is 11.1 Å². The first-order valence-corrected chi connectivity index (χ1v) is 12.8. The topological polar surface area (TPSA) is 118 Å². The van der Waals surface area contributed by atoms with Crippen LogP contribution >= 0.6 is 0 Å². The number of pyridine rings is 1. The minimum atomic E-state index is -4.76. The molecule has 1 unspecified atom stereocenters. The summed E-state index contributed by atoms with van der Waals surface area (Å²) in [5, 5.41) is 12.1. The standard InChI is InChI=1S/C27H22F3N3O5S/c1-14-12-18(27(28,29)30)21(25(35)33(14)2)16-10-8-15(9-11-16)13-20(26(36)37)32-24(34)22-23(39(3)38)17-6-4-5-7-19(17)31-22/h4-12,20H,3,13H2,1-2H3,(H,32,34)(H,36,37). The summed E-state index contributed by atoms with van der Waals surface area (Å²) >= 11 is 0. The van der Waals surface area contributed by atoms with E-state index in [1.165, 1.54) is 38.2 Å². The Balaban J connectivity index is 1.60. The minimum Gasteiger partial charge on any atom is -0.480 e. The van der Waals surface area contributed by atoms with Crippen LogP contribution in [0.3, 0.4) is 0 Å². The first-order valence-electron chi connectivity index (χ1n) is 11.5. The van der Waals surface area contributed by atoms with Gasteiger partial charge in [-0.25, -0.2) is 14.0 Å². The molecule has 4 rings (SSSR count). The molecule has 8 nitrogen and oxygen atoms in total. The molecule has 0 bridgehead atoms. The van der Waals surface area contributed by atoms with Crippen LogP contribution in [0.4, 0.5) is 18.9 Å². The largest absolute Gasteiger partial charge is 0.480 e. The molecule has 2 heterocycles. The number of nitrogens with zero attached hydrogens (tertiary/aromatic N) is 2. The van der Waals surface area contributed by atoms with Crippen LogP contribution in [0.25, 0.3) is 11.1 Å². The zero-order valence-electron chi connectivity index (χ0n) is 20.7. The second-order valence-electron chi connectivity index (χ2n) is 8.85. The highest BCUT2D eigenvalue weighted by Gasteiger charge is 2.36. The summed E-state index contributed by atoms with van der Waals surface area (Å²) in [4.78, 5) is 41.9. The second kappa shape index (κ2) is 10.4. The molecule has 39 heavy (non-hydrogen) atoms. The van der Waals surface area contributed by atoms with Crippen LogP contribution in [0.1, 0.15) is 22.4 Å². The average molecular weight is 558 g/mol. The van der Waals surface area contributed by atoms with Crippen molar-refractivity contribution in [2.24, 2.45) is 12.0 Å². The summed E-state index contributed by atoms with van der Waals surface area (Å²) in [5.41, 5.74) is -1.22. The number of carbonyl (C=O) groups excluding carboxylic acids is 1. The van der Waals surface area contributed by atoms with Crippen molar-refractivity contribution in [1.82, 2.24) is 9.88 Å². The van der Waals surface area contributed by atoms with E-state index in [4.69, 9.17) is 0 Å². The zero-order valence-corrected chi connectivity index (χ0v) is 21.5. The van der Waals surface area contributed by atoms with Gasteiger partial charge in [-0.05, 0) is 36.1 Å². The van der Waals surface area contributed by atoms with Crippen LogP contribution in [-0.2, 0) is 39.2 Å². The number of aromatic nitrogens is 1. The number of benzene rings is 2. The Morgan fingerprint density at radius 1 is 1.15 bits per heavy atom. The highest BCUT2D eigenvalue weighted by molar-refractivity contribution is 7.85. The first-order chi connectivity index (χ1) is 18.3. The van der Waals surface area contributed by atoms with E-state index in [1.54, 1.807) is 24.3 Å². The number of fused-ring (bicyclic) bond motifs is 1. The predicted molar refractivity (Wildman–Crippen MR) is 143 cm³/mol. The third-order valence-electron chi connectivity index (χ3n) is 6.30. The lowest BCUT2D eigenvalue weighted by Crippen LogP contribution is -2.46. The number of hydrogen-bond acceptors (Lipinski definition) is 5. The Labute approximate surface area is 222 Å². The summed E-state index contributed by atoms with van der Waals surface area (Å²) in [6.45, 7) is 1.40. The van der Waals surface area contributed by atoms with E-state index in [0.29, 0.717) is 16.8 Å². The van der Waals surface area contributed by atoms with Gasteiger partial charge in [-0.1, -0.05) is 42.5 Å². The fourth-order valence-electron chi connectivity index (χ4n) is 4.24. The van der Waals surface area contributed by atoms with Gasteiger partial charge < -0.3 is 15.0 Å². The molecule has 202 valence electrons. The Hall–Kier alpha value is -4.45. The summed E-state index contributed by atoms with van der Waals surface area (Å²) in [7, 11) is -0.460. The van der Waals surface area contributed by atoms with Crippen molar-refractivity contribution in [2.75, 3.05) is 0 Å². The van der Waals surface area contributed by atoms with Crippen molar-refractivity contribution < 1.29 is 32.1 Å². The van der Waals surface area contributed by atoms with E-state index in [9.17, 15) is 36.9 Å². The molecule has 0 spiro atoms. The van der Waals surface area contributed by atoms with E-state index in [-0.39, 0.29) is 28.3 Å². The number of halogens is 3. The van der Waals surface area contributed by atoms with E-state index >= 15 is 0 Å². The summed E-state index contributed by atoms with van der Waals surface area (Å²) in [6, 6.07) is 11.4. The number of amides is 1. The summed E-state index contributed by atoms with van der Waals surface area (Å²) in [5.74, 6) is 1.24. The van der Waals surface area contributed by atoms with Gasteiger partial charge in [-0.3, -0.25) is 9.59 Å². The molecular formula is C27H22F3N3O5S. The van der Waals surface area contributed by atoms with Crippen LogP contribution in [0.15, 0.2) is 64.4 Å². The number of aliphatic carboxylic acids is 1. The van der Waals surface area contributed by atoms with Crippen LogP contribution in [0, 0.1) is 6.92 Å². The number of aliphatic imine (C=N–C) groups is 1. The Morgan fingerprint density at radius 3 is 2.38 bits per heavy atom. The highest BCUT2D eigenvalue weighted by atomic mass is 32.1. The minimum absolute atomic E-state index is 0.0119. The number of carboxylic acid groups (broad SMARTS) is 1. The molecule has 1 aliphatic rings. The Morgan fingerprint density at radius 2 is 1.79 bits per heavy atom. The van der Waals surface area contributed by atoms with Gasteiger partial charge in [0.1, 0.15) is 11.8 Å². The molecule has 1 aliphatic heterocycles. The van der Waals surface area contributed by atoms with Gasteiger partial charge in [0.25, 0.3) is 11.5 Å². The third-order valence-corrected chi connectivity index (χ3v) is 7.17. The molecule has 2 aromatic carbocycles. The zero-order chi connectivity index (χ0) is 28.6. The lowest BCUT2D eigenvalue weighted by molar-refractivity contribution is -0.141. The number of alkyl halides is 3. The third kappa shape index (κ3) is 5.41. The van der Waals surface area contributed by atoms with E-state index in [1.807, 2.05) is 0 Å². The lowest BCUT2D eigenvalue weighted by Gasteiger charge is -2.17. The van der Waals surface area contributed by atoms with Crippen molar-refractivity contribution in [3.05, 3.63) is 87.3 Å². The molecule has 1 atom stereocenters. The number of nitrogens with one attached hydrogen (secondary N) is 1. The fourth-order valence-corrected chi connectivity index (χ4v) is 5.01. The smallest absolute Gasteiger partial charge is 0.417 e. The normalized spacial score (nSPS) is 13.5. The van der Waals surface area contributed by atoms with Gasteiger partial charge in [0, 0.05) is 34.7 Å². The van der Waals surface area contributed by atoms with Gasteiger partial charge in [0.05, 0.1) is 21.7 Å². The second-order valence-corrected chi connectivity index (χ2v) is 9.95. The van der Waals surface area contributed by atoms with Crippen LogP contribution < -0.4 is 10.9 Å². The molecule has 0 fully saturated rings. The van der Waals surface area contributed by atoms with E-state index in [0.717, 1.165) is 10.6 Å². The van der Waals surface area contributed by atoms with Gasteiger partial charge >= 0.3 is 12.1 Å².